The van der Waals surface area contributed by atoms with Crippen molar-refractivity contribution in [3.63, 3.8) is 0 Å². The molecule has 0 saturated carbocycles. The van der Waals surface area contributed by atoms with E-state index in [1.165, 1.54) is 6.20 Å². The number of Topliss-reactive ketones (excluding diaryl/α,β-unsaturated/α-hetero) is 1. The van der Waals surface area contributed by atoms with E-state index in [2.05, 4.69) is 10.3 Å². The summed E-state index contributed by atoms with van der Waals surface area (Å²) in [5, 5.41) is 2.50. The number of primary amides is 1. The number of nitrogens with two attached hydrogens (primary N) is 1. The molecule has 1 atom stereocenters. The molecule has 3 N–H and O–H groups in total. The maximum Gasteiger partial charge on any atom is 0.270 e. The van der Waals surface area contributed by atoms with Gasteiger partial charge in [-0.15, -0.1) is 0 Å². The van der Waals surface area contributed by atoms with Gasteiger partial charge < -0.3 is 11.1 Å². The van der Waals surface area contributed by atoms with Crippen molar-refractivity contribution >= 4 is 17.6 Å². The van der Waals surface area contributed by atoms with Crippen LogP contribution in [0.5, 0.6) is 0 Å². The lowest BCUT2D eigenvalue weighted by atomic mass is 9.93. The van der Waals surface area contributed by atoms with E-state index in [1.54, 1.807) is 18.2 Å². The number of ketones is 1. The van der Waals surface area contributed by atoms with Gasteiger partial charge in [0.25, 0.3) is 5.91 Å². The molecule has 0 radical (unpaired) electrons. The Hall–Kier alpha value is -3.02. The van der Waals surface area contributed by atoms with E-state index in [1.807, 2.05) is 30.3 Å². The zero-order valence-electron chi connectivity index (χ0n) is 13.1. The van der Waals surface area contributed by atoms with Gasteiger partial charge in [-0.3, -0.25) is 19.4 Å². The molecule has 2 aromatic rings. The Morgan fingerprint density at radius 3 is 2.38 bits per heavy atom. The van der Waals surface area contributed by atoms with Gasteiger partial charge in [0.15, 0.2) is 5.78 Å². The molecule has 124 valence electrons. The first-order chi connectivity index (χ1) is 11.6. The van der Waals surface area contributed by atoms with Crippen LogP contribution in [-0.4, -0.2) is 29.1 Å². The summed E-state index contributed by atoms with van der Waals surface area (Å²) in [6, 6.07) is 14.3. The van der Waals surface area contributed by atoms with Crippen molar-refractivity contribution in [1.29, 1.82) is 0 Å². The smallest absolute Gasteiger partial charge is 0.270 e. The summed E-state index contributed by atoms with van der Waals surface area (Å²) < 4.78 is 0. The highest BCUT2D eigenvalue weighted by Crippen LogP contribution is 2.12. The van der Waals surface area contributed by atoms with E-state index < -0.39 is 17.7 Å². The number of nitrogens with zero attached hydrogens (tertiary/aromatic N) is 1. The zero-order chi connectivity index (χ0) is 17.4. The predicted molar refractivity (Wildman–Crippen MR) is 89.0 cm³/mol. The number of carbonyl (C=O) groups excluding carboxylic acids is 3. The standard InChI is InChI=1S/C18H19N3O3/c19-17(23)14(10-13-6-2-1-3-7-13)11-15(22)12-21-18(24)16-8-4-5-9-20-16/h1-9,14H,10-12H2,(H2,19,23)(H,21,24)/t14-/m1/s1. The third-order valence-electron chi connectivity index (χ3n) is 3.55. The largest absolute Gasteiger partial charge is 0.369 e. The fourth-order valence-electron chi connectivity index (χ4n) is 2.29. The van der Waals surface area contributed by atoms with Gasteiger partial charge in [0.1, 0.15) is 5.69 Å². The van der Waals surface area contributed by atoms with E-state index in [4.69, 9.17) is 5.73 Å². The van der Waals surface area contributed by atoms with Crippen LogP contribution in [0.15, 0.2) is 54.7 Å². The SMILES string of the molecule is NC(=O)[C@@H](CC(=O)CNC(=O)c1ccccn1)Cc1ccccc1. The van der Waals surface area contributed by atoms with Gasteiger partial charge in [0.05, 0.1) is 6.54 Å². The Morgan fingerprint density at radius 1 is 1.04 bits per heavy atom. The second kappa shape index (κ2) is 8.57. The molecular formula is C18H19N3O3. The number of aromatic nitrogens is 1. The Morgan fingerprint density at radius 2 is 1.75 bits per heavy atom. The number of amides is 2. The monoisotopic (exact) mass is 325 g/mol. The van der Waals surface area contributed by atoms with Crippen LogP contribution in [0.4, 0.5) is 0 Å². The van der Waals surface area contributed by atoms with Crippen molar-refractivity contribution < 1.29 is 14.4 Å². The molecule has 0 bridgehead atoms. The molecule has 6 heteroatoms. The third kappa shape index (κ3) is 5.31. The van der Waals surface area contributed by atoms with Crippen LogP contribution < -0.4 is 11.1 Å². The molecule has 1 aromatic carbocycles. The molecule has 0 saturated heterocycles. The number of pyridine rings is 1. The van der Waals surface area contributed by atoms with E-state index in [0.717, 1.165) is 5.56 Å². The summed E-state index contributed by atoms with van der Waals surface area (Å²) in [5.74, 6) is -1.79. The van der Waals surface area contributed by atoms with Crippen LogP contribution in [0.3, 0.4) is 0 Å². The fraction of sp³-hybridized carbons (Fsp3) is 0.222. The average Bonchev–Trinajstić information content (AvgIpc) is 2.60. The van der Waals surface area contributed by atoms with Crippen LogP contribution in [0, 0.1) is 5.92 Å². The lowest BCUT2D eigenvalue weighted by Crippen LogP contribution is -2.34. The van der Waals surface area contributed by atoms with Gasteiger partial charge in [-0.1, -0.05) is 36.4 Å². The van der Waals surface area contributed by atoms with E-state index in [0.29, 0.717) is 6.42 Å². The van der Waals surface area contributed by atoms with Crippen molar-refractivity contribution in [1.82, 2.24) is 10.3 Å². The maximum absolute atomic E-state index is 12.0. The van der Waals surface area contributed by atoms with Crippen LogP contribution in [-0.2, 0) is 16.0 Å². The minimum Gasteiger partial charge on any atom is -0.369 e. The summed E-state index contributed by atoms with van der Waals surface area (Å²) in [7, 11) is 0. The minimum absolute atomic E-state index is 0.00722. The highest BCUT2D eigenvalue weighted by molar-refractivity contribution is 5.95. The normalized spacial score (nSPS) is 11.5. The van der Waals surface area contributed by atoms with Crippen molar-refractivity contribution in [3.8, 4) is 0 Å². The zero-order valence-corrected chi connectivity index (χ0v) is 13.1. The first-order valence-electron chi connectivity index (χ1n) is 7.60. The average molecular weight is 325 g/mol. The Bertz CT molecular complexity index is 702. The molecule has 0 aliphatic heterocycles. The molecule has 0 aliphatic rings. The van der Waals surface area contributed by atoms with E-state index in [-0.39, 0.29) is 24.4 Å². The summed E-state index contributed by atoms with van der Waals surface area (Å²) in [6.45, 7) is -0.159. The summed E-state index contributed by atoms with van der Waals surface area (Å²) in [6.07, 6.45) is 1.89. The number of nitrogens with one attached hydrogen (secondary N) is 1. The topological polar surface area (TPSA) is 102 Å². The second-order valence-electron chi connectivity index (χ2n) is 5.43. The number of rotatable bonds is 8. The summed E-state index contributed by atoms with van der Waals surface area (Å²) >= 11 is 0. The van der Waals surface area contributed by atoms with Crippen molar-refractivity contribution in [2.45, 2.75) is 12.8 Å². The van der Waals surface area contributed by atoms with Crippen molar-refractivity contribution in [3.05, 3.63) is 66.0 Å². The summed E-state index contributed by atoms with van der Waals surface area (Å²) in [4.78, 5) is 39.4. The van der Waals surface area contributed by atoms with Gasteiger partial charge in [0, 0.05) is 18.5 Å². The quantitative estimate of drug-likeness (QED) is 0.759. The molecule has 1 heterocycles. The first kappa shape index (κ1) is 17.3. The van der Waals surface area contributed by atoms with Gasteiger partial charge in [-0.05, 0) is 24.1 Å². The Balaban J connectivity index is 1.87. The van der Waals surface area contributed by atoms with Gasteiger partial charge >= 0.3 is 0 Å². The molecule has 0 unspecified atom stereocenters. The van der Waals surface area contributed by atoms with Crippen LogP contribution in [0.1, 0.15) is 22.5 Å². The maximum atomic E-state index is 12.0. The second-order valence-corrected chi connectivity index (χ2v) is 5.43. The van der Waals surface area contributed by atoms with Gasteiger partial charge in [0.2, 0.25) is 5.91 Å². The molecule has 0 fully saturated rings. The number of hydrogen-bond acceptors (Lipinski definition) is 4. The van der Waals surface area contributed by atoms with Crippen molar-refractivity contribution in [2.24, 2.45) is 11.7 Å². The molecular weight excluding hydrogens is 306 g/mol. The van der Waals surface area contributed by atoms with Gasteiger partial charge in [-0.25, -0.2) is 0 Å². The number of hydrogen-bond donors (Lipinski definition) is 2. The molecule has 6 nitrogen and oxygen atoms in total. The lowest BCUT2D eigenvalue weighted by Gasteiger charge is -2.13. The number of benzene rings is 1. The van der Waals surface area contributed by atoms with Crippen molar-refractivity contribution in [2.75, 3.05) is 6.54 Å². The van der Waals surface area contributed by atoms with Crippen LogP contribution in [0.25, 0.3) is 0 Å². The molecule has 24 heavy (non-hydrogen) atoms. The van der Waals surface area contributed by atoms with Gasteiger partial charge in [-0.2, -0.15) is 0 Å². The molecule has 1 aromatic heterocycles. The molecule has 0 aliphatic carbocycles. The Labute approximate surface area is 140 Å². The molecule has 0 spiro atoms. The van der Waals surface area contributed by atoms with Crippen LogP contribution >= 0.6 is 0 Å². The predicted octanol–water partition coefficient (Wildman–Crippen LogP) is 1.11. The Kier molecular flexibility index (Phi) is 6.19. The van der Waals surface area contributed by atoms with Crippen LogP contribution in [0.2, 0.25) is 0 Å². The minimum atomic E-state index is -0.591. The highest BCUT2D eigenvalue weighted by Gasteiger charge is 2.20. The molecule has 2 amide bonds. The number of carbonyl (C=O) groups is 3. The van der Waals surface area contributed by atoms with E-state index in [9.17, 15) is 14.4 Å². The first-order valence-corrected chi connectivity index (χ1v) is 7.60. The third-order valence-corrected chi connectivity index (χ3v) is 3.55. The van der Waals surface area contributed by atoms with E-state index >= 15 is 0 Å². The summed E-state index contributed by atoms with van der Waals surface area (Å²) in [5.41, 5.74) is 6.57. The molecule has 2 rings (SSSR count). The highest BCUT2D eigenvalue weighted by atomic mass is 16.2. The fourth-order valence-corrected chi connectivity index (χ4v) is 2.29. The lowest BCUT2D eigenvalue weighted by molar-refractivity contribution is -0.126.